The molecule has 2 aromatic carbocycles. The number of ether oxygens (including phenoxy) is 1. The Bertz CT molecular complexity index is 1100. The number of alkyl halides is 3. The number of amides is 1. The Morgan fingerprint density at radius 2 is 1.90 bits per heavy atom. The molecule has 1 heterocycles. The minimum atomic E-state index is -4.65. The van der Waals surface area contributed by atoms with Crippen LogP contribution < -0.4 is 9.64 Å². The molecule has 3 rings (SSSR count). The topological polar surface area (TPSA) is 63.7 Å². The number of carbonyl (C=O) groups excluding carboxylic acids is 1. The van der Waals surface area contributed by atoms with Crippen LogP contribution in [0.1, 0.15) is 35.7 Å². The molecule has 0 spiro atoms. The van der Waals surface area contributed by atoms with Gasteiger partial charge in [-0.3, -0.25) is 4.79 Å². The quantitative estimate of drug-likeness (QED) is 0.653. The SMILES string of the molecule is C[C@H](Oc1ccc(S(C)(=O)=O)cc1C(=O)N1C[C@H](C)c2cc(Cl)ccc21)C(F)(F)F. The van der Waals surface area contributed by atoms with Gasteiger partial charge in [0.1, 0.15) is 5.75 Å². The summed E-state index contributed by atoms with van der Waals surface area (Å²) in [6.07, 6.45) is -5.89. The average Bonchev–Trinajstić information content (AvgIpc) is 2.96. The minimum absolute atomic E-state index is 0.0563. The largest absolute Gasteiger partial charge is 0.480 e. The molecule has 0 fully saturated rings. The van der Waals surface area contributed by atoms with Crippen molar-refractivity contribution in [3.63, 3.8) is 0 Å². The number of fused-ring (bicyclic) bond motifs is 1. The first-order chi connectivity index (χ1) is 13.8. The third kappa shape index (κ3) is 4.41. The molecule has 10 heteroatoms. The van der Waals surface area contributed by atoms with Crippen molar-refractivity contribution in [3.8, 4) is 5.75 Å². The third-order valence-corrected chi connectivity index (χ3v) is 6.23. The zero-order chi connectivity index (χ0) is 22.4. The standard InChI is InChI=1S/C20H19ClF3NO4S/c1-11-10-25(17-6-4-13(21)8-15(11)17)19(26)16-9-14(30(3,27)28)5-7-18(16)29-12(2)20(22,23)24/h4-9,11-12H,10H2,1-3H3/t11-,12-/m0/s1. The average molecular weight is 462 g/mol. The third-order valence-electron chi connectivity index (χ3n) is 4.89. The van der Waals surface area contributed by atoms with Crippen LogP contribution in [0, 0.1) is 0 Å². The number of nitrogens with zero attached hydrogens (tertiary/aromatic N) is 1. The summed E-state index contributed by atoms with van der Waals surface area (Å²) in [5, 5.41) is 0.497. The lowest BCUT2D eigenvalue weighted by Gasteiger charge is -2.23. The molecule has 2 atom stereocenters. The van der Waals surface area contributed by atoms with Crippen molar-refractivity contribution in [3.05, 3.63) is 52.5 Å². The minimum Gasteiger partial charge on any atom is -0.480 e. The Morgan fingerprint density at radius 3 is 2.50 bits per heavy atom. The van der Waals surface area contributed by atoms with Crippen molar-refractivity contribution < 1.29 is 31.1 Å². The fourth-order valence-corrected chi connectivity index (χ4v) is 4.07. The van der Waals surface area contributed by atoms with Crippen LogP contribution in [-0.2, 0) is 9.84 Å². The van der Waals surface area contributed by atoms with E-state index in [-0.39, 0.29) is 28.7 Å². The van der Waals surface area contributed by atoms with Gasteiger partial charge in [-0.1, -0.05) is 18.5 Å². The van der Waals surface area contributed by atoms with Gasteiger partial charge in [-0.25, -0.2) is 8.42 Å². The molecule has 0 aromatic heterocycles. The van der Waals surface area contributed by atoms with Crippen molar-refractivity contribution in [1.82, 2.24) is 0 Å². The van der Waals surface area contributed by atoms with Crippen molar-refractivity contribution in [2.45, 2.75) is 36.9 Å². The highest BCUT2D eigenvalue weighted by atomic mass is 35.5. The number of sulfone groups is 1. The van der Waals surface area contributed by atoms with Gasteiger partial charge >= 0.3 is 6.18 Å². The maximum atomic E-state index is 13.3. The summed E-state index contributed by atoms with van der Waals surface area (Å²) in [5.41, 5.74) is 1.13. The zero-order valence-electron chi connectivity index (χ0n) is 16.3. The second-order valence-electron chi connectivity index (χ2n) is 7.25. The van der Waals surface area contributed by atoms with Crippen LogP contribution in [0.2, 0.25) is 5.02 Å². The first-order valence-electron chi connectivity index (χ1n) is 8.98. The summed E-state index contributed by atoms with van der Waals surface area (Å²) >= 11 is 6.03. The van der Waals surface area contributed by atoms with E-state index in [1.807, 2.05) is 6.92 Å². The number of rotatable bonds is 4. The highest BCUT2D eigenvalue weighted by Crippen LogP contribution is 2.39. The first-order valence-corrected chi connectivity index (χ1v) is 11.2. The van der Waals surface area contributed by atoms with Gasteiger partial charge in [0.05, 0.1) is 10.5 Å². The van der Waals surface area contributed by atoms with Crippen LogP contribution >= 0.6 is 11.6 Å². The molecule has 1 amide bonds. The summed E-state index contributed by atoms with van der Waals surface area (Å²) in [6, 6.07) is 8.23. The molecule has 0 aliphatic carbocycles. The molecule has 0 saturated carbocycles. The molecule has 0 N–H and O–H groups in total. The Morgan fingerprint density at radius 1 is 1.23 bits per heavy atom. The number of benzene rings is 2. The lowest BCUT2D eigenvalue weighted by atomic mass is 10.0. The number of hydrogen-bond donors (Lipinski definition) is 0. The van der Waals surface area contributed by atoms with E-state index < -0.39 is 28.0 Å². The normalized spacial score (nSPS) is 17.6. The van der Waals surface area contributed by atoms with E-state index in [0.717, 1.165) is 36.9 Å². The Hall–Kier alpha value is -2.26. The fraction of sp³-hybridized carbons (Fsp3) is 0.350. The first kappa shape index (κ1) is 22.4. The molecule has 0 radical (unpaired) electrons. The number of halogens is 4. The van der Waals surface area contributed by atoms with Crippen LogP contribution in [0.3, 0.4) is 0 Å². The molecule has 0 saturated heterocycles. The van der Waals surface area contributed by atoms with Crippen molar-refractivity contribution in [2.24, 2.45) is 0 Å². The van der Waals surface area contributed by atoms with E-state index >= 15 is 0 Å². The van der Waals surface area contributed by atoms with Crippen LogP contribution in [0.4, 0.5) is 18.9 Å². The lowest BCUT2D eigenvalue weighted by molar-refractivity contribution is -0.189. The summed E-state index contributed by atoms with van der Waals surface area (Å²) in [7, 11) is -3.70. The van der Waals surface area contributed by atoms with E-state index in [2.05, 4.69) is 0 Å². The molecular formula is C20H19ClF3NO4S. The smallest absolute Gasteiger partial charge is 0.425 e. The molecule has 162 valence electrons. The predicted molar refractivity (Wildman–Crippen MR) is 107 cm³/mol. The monoisotopic (exact) mass is 461 g/mol. The van der Waals surface area contributed by atoms with Gasteiger partial charge in [0.15, 0.2) is 15.9 Å². The van der Waals surface area contributed by atoms with Crippen molar-refractivity contribution in [2.75, 3.05) is 17.7 Å². The highest BCUT2D eigenvalue weighted by molar-refractivity contribution is 7.90. The maximum absolute atomic E-state index is 13.3. The van der Waals surface area contributed by atoms with Crippen molar-refractivity contribution >= 4 is 33.0 Å². The van der Waals surface area contributed by atoms with E-state index in [1.54, 1.807) is 18.2 Å². The summed E-state index contributed by atoms with van der Waals surface area (Å²) < 4.78 is 67.9. The van der Waals surface area contributed by atoms with Crippen LogP contribution in [0.5, 0.6) is 5.75 Å². The molecule has 0 unspecified atom stereocenters. The van der Waals surface area contributed by atoms with Gasteiger partial charge in [-0.15, -0.1) is 0 Å². The molecule has 1 aliphatic heterocycles. The van der Waals surface area contributed by atoms with E-state index in [4.69, 9.17) is 16.3 Å². The molecule has 1 aliphatic rings. The molecule has 2 aromatic rings. The van der Waals surface area contributed by atoms with Crippen molar-refractivity contribution in [1.29, 1.82) is 0 Å². The molecule has 0 bridgehead atoms. The number of hydrogen-bond acceptors (Lipinski definition) is 4. The van der Waals surface area contributed by atoms with Gasteiger partial charge in [0.2, 0.25) is 0 Å². The van der Waals surface area contributed by atoms with E-state index in [1.165, 1.54) is 4.90 Å². The fourth-order valence-electron chi connectivity index (χ4n) is 3.24. The molecular weight excluding hydrogens is 443 g/mol. The van der Waals surface area contributed by atoms with Gasteiger partial charge in [0, 0.05) is 29.4 Å². The van der Waals surface area contributed by atoms with Crippen LogP contribution in [0.25, 0.3) is 0 Å². The predicted octanol–water partition coefficient (Wildman–Crippen LogP) is 4.84. The number of carbonyl (C=O) groups is 1. The Labute approximate surface area is 177 Å². The number of anilines is 1. The van der Waals surface area contributed by atoms with Gasteiger partial charge in [-0.2, -0.15) is 13.2 Å². The Balaban J connectivity index is 2.08. The second kappa shape index (κ2) is 7.77. The van der Waals surface area contributed by atoms with E-state index in [0.29, 0.717) is 10.7 Å². The summed E-state index contributed by atoms with van der Waals surface area (Å²) in [6.45, 7) is 2.97. The molecule has 30 heavy (non-hydrogen) atoms. The second-order valence-corrected chi connectivity index (χ2v) is 9.70. The summed E-state index contributed by atoms with van der Waals surface area (Å²) in [5.74, 6) is -1.05. The highest BCUT2D eigenvalue weighted by Gasteiger charge is 2.39. The van der Waals surface area contributed by atoms with Gasteiger partial charge < -0.3 is 9.64 Å². The molecule has 5 nitrogen and oxygen atoms in total. The maximum Gasteiger partial charge on any atom is 0.425 e. The zero-order valence-corrected chi connectivity index (χ0v) is 17.9. The van der Waals surface area contributed by atoms with E-state index in [9.17, 15) is 26.4 Å². The lowest BCUT2D eigenvalue weighted by Crippen LogP contribution is -2.33. The van der Waals surface area contributed by atoms with Gasteiger partial charge in [-0.05, 0) is 48.9 Å². The Kier molecular flexibility index (Phi) is 5.81. The van der Waals surface area contributed by atoms with Crippen LogP contribution in [-0.4, -0.2) is 39.4 Å². The summed E-state index contributed by atoms with van der Waals surface area (Å²) in [4.78, 5) is 14.5. The van der Waals surface area contributed by atoms with Crippen LogP contribution in [0.15, 0.2) is 41.3 Å². The van der Waals surface area contributed by atoms with Gasteiger partial charge in [0.25, 0.3) is 5.91 Å².